The molecule has 5 heterocycles. The lowest BCUT2D eigenvalue weighted by atomic mass is 9.89. The summed E-state index contributed by atoms with van der Waals surface area (Å²) >= 11 is 0. The molecule has 2 N–H and O–H groups in total. The van der Waals surface area contributed by atoms with Crippen molar-refractivity contribution in [3.05, 3.63) is 53.9 Å². The van der Waals surface area contributed by atoms with Crippen molar-refractivity contribution in [3.63, 3.8) is 0 Å². The van der Waals surface area contributed by atoms with Gasteiger partial charge in [-0.05, 0) is 69.1 Å². The van der Waals surface area contributed by atoms with Crippen molar-refractivity contribution in [1.82, 2.24) is 24.8 Å². The number of hydrogen-bond donors (Lipinski definition) is 2. The molecular formula is C33H37F2N7O5. The maximum atomic E-state index is 14.9. The number of alkyl halides is 2. The van der Waals surface area contributed by atoms with Crippen LogP contribution in [0.2, 0.25) is 0 Å². The van der Waals surface area contributed by atoms with Gasteiger partial charge in [0.15, 0.2) is 6.10 Å². The Morgan fingerprint density at radius 2 is 1.91 bits per heavy atom. The minimum atomic E-state index is -3.38. The summed E-state index contributed by atoms with van der Waals surface area (Å²) < 4.78 is 46.5. The number of benzene rings is 1. The smallest absolute Gasteiger partial charge is 0.301 e. The van der Waals surface area contributed by atoms with Gasteiger partial charge in [-0.25, -0.2) is 18.7 Å². The second-order valence-corrected chi connectivity index (χ2v) is 12.1. The molecule has 12 nitrogen and oxygen atoms in total. The monoisotopic (exact) mass is 649 g/mol. The number of halogens is 2. The summed E-state index contributed by atoms with van der Waals surface area (Å²) in [6, 6.07) is 12.8. The van der Waals surface area contributed by atoms with E-state index < -0.39 is 30.6 Å². The molecule has 0 bridgehead atoms. The molecule has 2 atom stereocenters. The Bertz CT molecular complexity index is 1640. The van der Waals surface area contributed by atoms with E-state index in [9.17, 15) is 23.9 Å². The maximum Gasteiger partial charge on any atom is 0.301 e. The first-order chi connectivity index (χ1) is 22.6. The normalized spacial score (nSPS) is 20.9. The summed E-state index contributed by atoms with van der Waals surface area (Å²) in [6.45, 7) is 4.04. The van der Waals surface area contributed by atoms with E-state index in [1.54, 1.807) is 19.2 Å². The van der Waals surface area contributed by atoms with Crippen LogP contribution in [-0.2, 0) is 9.53 Å². The Kier molecular flexibility index (Phi) is 9.49. The lowest BCUT2D eigenvalue weighted by molar-refractivity contribution is -0.165. The molecule has 14 heteroatoms. The van der Waals surface area contributed by atoms with Crippen LogP contribution in [-0.4, -0.2) is 106 Å². The predicted octanol–water partition coefficient (Wildman–Crippen LogP) is 3.74. The molecule has 3 aromatic rings. The van der Waals surface area contributed by atoms with Crippen LogP contribution in [0.4, 0.5) is 20.4 Å². The van der Waals surface area contributed by atoms with E-state index >= 15 is 0 Å². The standard InChI is InChI=1S/C33H37F2N7O5/c1-20(43)32(44)42-12-9-28(33(34,35)18-42)47-27-5-3-22(13-23(27)15-36)26-14-30(38-19-37-26)39-29-6-4-25(31(40-29)45-2)21-7-10-41(11-8-21)24-16-46-17-24/h3-6,13-14,19-21,24,28,43H,7-12,16-18H2,1-2H3,(H,37,38,39,40)/t20?,28-/m0/s1. The molecule has 2 aromatic heterocycles. The minimum absolute atomic E-state index is 0.0000222. The van der Waals surface area contributed by atoms with Gasteiger partial charge in [0.2, 0.25) is 5.88 Å². The van der Waals surface area contributed by atoms with Crippen molar-refractivity contribution in [1.29, 1.82) is 5.26 Å². The van der Waals surface area contributed by atoms with Gasteiger partial charge in [-0.2, -0.15) is 10.2 Å². The van der Waals surface area contributed by atoms with Crippen LogP contribution < -0.4 is 14.8 Å². The number of aliphatic hydroxyl groups excluding tert-OH is 1. The zero-order valence-electron chi connectivity index (χ0n) is 26.2. The van der Waals surface area contributed by atoms with Gasteiger partial charge in [0.25, 0.3) is 5.91 Å². The van der Waals surface area contributed by atoms with E-state index in [2.05, 4.69) is 20.2 Å². The Morgan fingerprint density at radius 3 is 2.57 bits per heavy atom. The highest BCUT2D eigenvalue weighted by Gasteiger charge is 2.48. The fraction of sp³-hybridized carbons (Fsp3) is 0.485. The highest BCUT2D eigenvalue weighted by Crippen LogP contribution is 2.36. The van der Waals surface area contributed by atoms with Crippen LogP contribution in [0, 0.1) is 11.3 Å². The van der Waals surface area contributed by atoms with E-state index in [4.69, 9.17) is 19.2 Å². The van der Waals surface area contributed by atoms with Gasteiger partial charge < -0.3 is 29.5 Å². The van der Waals surface area contributed by atoms with E-state index in [0.717, 1.165) is 49.6 Å². The molecule has 1 amide bonds. The van der Waals surface area contributed by atoms with Gasteiger partial charge in [0.05, 0.1) is 44.2 Å². The summed E-state index contributed by atoms with van der Waals surface area (Å²) in [4.78, 5) is 28.8. The second-order valence-electron chi connectivity index (χ2n) is 12.1. The van der Waals surface area contributed by atoms with Crippen LogP contribution >= 0.6 is 0 Å². The Morgan fingerprint density at radius 1 is 1.13 bits per heavy atom. The van der Waals surface area contributed by atoms with Crippen LogP contribution in [0.1, 0.15) is 43.2 Å². The lowest BCUT2D eigenvalue weighted by Gasteiger charge is -2.41. The number of nitriles is 1. The number of nitrogens with zero attached hydrogens (tertiary/aromatic N) is 6. The van der Waals surface area contributed by atoms with Crippen molar-refractivity contribution in [3.8, 4) is 29.0 Å². The van der Waals surface area contributed by atoms with Gasteiger partial charge in [-0.3, -0.25) is 9.69 Å². The molecule has 0 radical (unpaired) electrons. The average molecular weight is 650 g/mol. The summed E-state index contributed by atoms with van der Waals surface area (Å²) in [5.41, 5.74) is 2.19. The number of pyridine rings is 1. The summed E-state index contributed by atoms with van der Waals surface area (Å²) in [5, 5.41) is 22.5. The van der Waals surface area contributed by atoms with Crippen LogP contribution in [0.5, 0.6) is 11.6 Å². The first kappa shape index (κ1) is 32.5. The number of amides is 1. The average Bonchev–Trinajstić information content (AvgIpc) is 3.05. The number of ether oxygens (including phenoxy) is 3. The molecule has 3 aliphatic rings. The number of nitrogens with one attached hydrogen (secondary N) is 1. The first-order valence-corrected chi connectivity index (χ1v) is 15.7. The molecule has 0 saturated carbocycles. The third-order valence-electron chi connectivity index (χ3n) is 8.98. The molecule has 248 valence electrons. The summed E-state index contributed by atoms with van der Waals surface area (Å²) in [5.74, 6) is -2.21. The number of hydrogen-bond acceptors (Lipinski definition) is 11. The number of aliphatic hydroxyl groups is 1. The number of aromatic nitrogens is 3. The second kappa shape index (κ2) is 13.7. The molecule has 47 heavy (non-hydrogen) atoms. The zero-order valence-corrected chi connectivity index (χ0v) is 26.2. The largest absolute Gasteiger partial charge is 0.483 e. The molecule has 0 aliphatic carbocycles. The van der Waals surface area contributed by atoms with E-state index in [0.29, 0.717) is 40.7 Å². The third-order valence-corrected chi connectivity index (χ3v) is 8.98. The molecular weight excluding hydrogens is 612 g/mol. The highest BCUT2D eigenvalue weighted by atomic mass is 19.3. The summed E-state index contributed by atoms with van der Waals surface area (Å²) in [6.07, 6.45) is 0.358. The lowest BCUT2D eigenvalue weighted by Crippen LogP contribution is -2.56. The molecule has 1 unspecified atom stereocenters. The Hall–Kier alpha value is -4.45. The SMILES string of the molecule is COc1nc(Nc2cc(-c3ccc(O[C@H]4CCN(C(=O)C(C)O)CC4(F)F)c(C#N)c3)ncn2)ccc1C1CCN(C2COC2)CC1. The van der Waals surface area contributed by atoms with Crippen molar-refractivity contribution in [2.75, 3.05) is 51.8 Å². The molecule has 3 saturated heterocycles. The van der Waals surface area contributed by atoms with Crippen molar-refractivity contribution in [2.24, 2.45) is 0 Å². The van der Waals surface area contributed by atoms with Crippen molar-refractivity contribution in [2.45, 2.75) is 56.3 Å². The molecule has 3 fully saturated rings. The van der Waals surface area contributed by atoms with E-state index in [1.165, 1.54) is 25.4 Å². The predicted molar refractivity (Wildman–Crippen MR) is 167 cm³/mol. The minimum Gasteiger partial charge on any atom is -0.483 e. The van der Waals surface area contributed by atoms with Crippen molar-refractivity contribution < 1.29 is 32.9 Å². The topological polar surface area (TPSA) is 146 Å². The van der Waals surface area contributed by atoms with Gasteiger partial charge in [-0.15, -0.1) is 0 Å². The number of rotatable bonds is 9. The number of carbonyl (C=O) groups is 1. The van der Waals surface area contributed by atoms with E-state index in [1.807, 2.05) is 18.2 Å². The fourth-order valence-corrected chi connectivity index (χ4v) is 6.27. The number of anilines is 2. The number of piperidine rings is 2. The number of carbonyl (C=O) groups excluding carboxylic acids is 1. The maximum absolute atomic E-state index is 14.9. The van der Waals surface area contributed by atoms with E-state index in [-0.39, 0.29) is 24.3 Å². The number of methoxy groups -OCH3 is 1. The summed E-state index contributed by atoms with van der Waals surface area (Å²) in [7, 11) is 1.61. The highest BCUT2D eigenvalue weighted by molar-refractivity contribution is 5.80. The van der Waals surface area contributed by atoms with Crippen LogP contribution in [0.25, 0.3) is 11.3 Å². The zero-order chi connectivity index (χ0) is 33.1. The number of likely N-dealkylation sites (tertiary alicyclic amines) is 2. The van der Waals surface area contributed by atoms with Crippen LogP contribution in [0.3, 0.4) is 0 Å². The van der Waals surface area contributed by atoms with Gasteiger partial charge in [0.1, 0.15) is 35.9 Å². The quantitative estimate of drug-likeness (QED) is 0.350. The van der Waals surface area contributed by atoms with Gasteiger partial charge >= 0.3 is 5.92 Å². The molecule has 0 spiro atoms. The molecule has 3 aliphatic heterocycles. The molecule has 6 rings (SSSR count). The van der Waals surface area contributed by atoms with Gasteiger partial charge in [0, 0.05) is 30.2 Å². The van der Waals surface area contributed by atoms with Crippen LogP contribution in [0.15, 0.2) is 42.7 Å². The molecule has 1 aromatic carbocycles. The Balaban J connectivity index is 1.12. The Labute approximate surface area is 271 Å². The van der Waals surface area contributed by atoms with Gasteiger partial charge in [-0.1, -0.05) is 0 Å². The first-order valence-electron chi connectivity index (χ1n) is 15.7. The fourth-order valence-electron chi connectivity index (χ4n) is 6.27. The van der Waals surface area contributed by atoms with Crippen molar-refractivity contribution >= 4 is 17.5 Å². The third kappa shape index (κ3) is 7.12.